The number of likely N-dealkylation sites (tertiary alicyclic amines) is 1. The molecule has 4 nitrogen and oxygen atoms in total. The van der Waals surface area contributed by atoms with Crippen LogP contribution in [0.4, 0.5) is 0 Å². The van der Waals surface area contributed by atoms with E-state index in [1.54, 1.807) is 0 Å². The van der Waals surface area contributed by atoms with Crippen molar-refractivity contribution in [2.75, 3.05) is 20.1 Å². The lowest BCUT2D eigenvalue weighted by atomic mass is 9.72. The van der Waals surface area contributed by atoms with Gasteiger partial charge in [0.1, 0.15) is 0 Å². The Morgan fingerprint density at radius 2 is 1.88 bits per heavy atom. The van der Waals surface area contributed by atoms with Crippen molar-refractivity contribution in [3.63, 3.8) is 0 Å². The maximum atomic E-state index is 13.0. The number of fused-ring (bicyclic) bond motifs is 2. The number of benzene rings is 1. The molecule has 134 valence electrons. The molecule has 0 unspecified atom stereocenters. The van der Waals surface area contributed by atoms with E-state index in [0.717, 1.165) is 25.1 Å². The fraction of sp³-hybridized carbons (Fsp3) is 0.571. The molecule has 0 saturated carbocycles. The first kappa shape index (κ1) is 16.8. The number of rotatable bonds is 2. The van der Waals surface area contributed by atoms with Crippen molar-refractivity contribution in [3.05, 3.63) is 47.2 Å². The highest BCUT2D eigenvalue weighted by molar-refractivity contribution is 5.98. The second-order valence-electron chi connectivity index (χ2n) is 8.80. The maximum absolute atomic E-state index is 13.0. The van der Waals surface area contributed by atoms with Gasteiger partial charge in [0, 0.05) is 43.2 Å². The molecule has 2 aliphatic heterocycles. The van der Waals surface area contributed by atoms with Crippen LogP contribution in [0.25, 0.3) is 0 Å². The van der Waals surface area contributed by atoms with Gasteiger partial charge in [-0.05, 0) is 24.4 Å². The van der Waals surface area contributed by atoms with Crippen LogP contribution in [0.2, 0.25) is 0 Å². The second kappa shape index (κ2) is 5.96. The van der Waals surface area contributed by atoms with Gasteiger partial charge in [-0.15, -0.1) is 0 Å². The molecular weight excluding hydrogens is 312 g/mol. The van der Waals surface area contributed by atoms with Crippen LogP contribution in [0, 0.1) is 11.3 Å². The van der Waals surface area contributed by atoms with E-state index in [1.807, 2.05) is 6.07 Å². The van der Waals surface area contributed by atoms with Crippen molar-refractivity contribution < 1.29 is 9.90 Å². The zero-order valence-electron chi connectivity index (χ0n) is 15.4. The van der Waals surface area contributed by atoms with Gasteiger partial charge in [-0.3, -0.25) is 4.79 Å². The van der Waals surface area contributed by atoms with Crippen LogP contribution in [-0.4, -0.2) is 53.0 Å². The largest absolute Gasteiger partial charge is 0.391 e. The van der Waals surface area contributed by atoms with Crippen molar-refractivity contribution in [2.24, 2.45) is 11.3 Å². The Morgan fingerprint density at radius 1 is 1.16 bits per heavy atom. The zero-order valence-corrected chi connectivity index (χ0v) is 15.4. The lowest BCUT2D eigenvalue weighted by molar-refractivity contribution is -0.119. The molecule has 1 aromatic rings. The Bertz CT molecular complexity index is 710. The molecule has 4 rings (SSSR count). The number of Topliss-reactive ketones (excluding diaryl/α,β-unsaturated/α-hetero) is 1. The van der Waals surface area contributed by atoms with E-state index in [9.17, 15) is 9.90 Å². The van der Waals surface area contributed by atoms with Crippen molar-refractivity contribution >= 4 is 5.78 Å². The second-order valence-corrected chi connectivity index (χ2v) is 8.80. The van der Waals surface area contributed by atoms with Crippen LogP contribution in [0.1, 0.15) is 32.3 Å². The van der Waals surface area contributed by atoms with Crippen LogP contribution in [0.15, 0.2) is 41.6 Å². The molecule has 2 heterocycles. The summed E-state index contributed by atoms with van der Waals surface area (Å²) in [4.78, 5) is 17.6. The van der Waals surface area contributed by atoms with E-state index in [1.165, 1.54) is 11.3 Å². The summed E-state index contributed by atoms with van der Waals surface area (Å²) in [5, 5.41) is 10.8. The van der Waals surface area contributed by atoms with Crippen molar-refractivity contribution in [1.82, 2.24) is 9.80 Å². The number of hydrogen-bond acceptors (Lipinski definition) is 4. The quantitative estimate of drug-likeness (QED) is 0.898. The molecular formula is C21H28N2O2. The molecule has 0 bridgehead atoms. The molecule has 3 atom stereocenters. The molecule has 1 N–H and O–H groups in total. The Hall–Kier alpha value is -1.65. The summed E-state index contributed by atoms with van der Waals surface area (Å²) in [7, 11) is 2.06. The number of carbonyl (C=O) groups is 1. The first-order chi connectivity index (χ1) is 11.9. The summed E-state index contributed by atoms with van der Waals surface area (Å²) >= 11 is 0. The molecule has 4 heteroatoms. The first-order valence-corrected chi connectivity index (χ1v) is 9.29. The van der Waals surface area contributed by atoms with Gasteiger partial charge < -0.3 is 14.9 Å². The van der Waals surface area contributed by atoms with Crippen LogP contribution in [0.5, 0.6) is 0 Å². The number of ketones is 1. The predicted molar refractivity (Wildman–Crippen MR) is 97.8 cm³/mol. The van der Waals surface area contributed by atoms with Gasteiger partial charge in [-0.1, -0.05) is 44.2 Å². The van der Waals surface area contributed by atoms with Crippen LogP contribution in [0.3, 0.4) is 0 Å². The van der Waals surface area contributed by atoms with E-state index in [4.69, 9.17) is 0 Å². The van der Waals surface area contributed by atoms with Gasteiger partial charge in [-0.2, -0.15) is 0 Å². The third-order valence-corrected chi connectivity index (χ3v) is 6.00. The summed E-state index contributed by atoms with van der Waals surface area (Å²) in [6.45, 7) is 6.72. The third-order valence-electron chi connectivity index (χ3n) is 6.00. The Kier molecular flexibility index (Phi) is 4.00. The maximum Gasteiger partial charge on any atom is 0.161 e. The van der Waals surface area contributed by atoms with Gasteiger partial charge in [-0.25, -0.2) is 0 Å². The highest BCUT2D eigenvalue weighted by Gasteiger charge is 2.52. The van der Waals surface area contributed by atoms with Crippen LogP contribution >= 0.6 is 0 Å². The summed E-state index contributed by atoms with van der Waals surface area (Å²) < 4.78 is 0. The van der Waals surface area contributed by atoms with Gasteiger partial charge >= 0.3 is 0 Å². The monoisotopic (exact) mass is 340 g/mol. The summed E-state index contributed by atoms with van der Waals surface area (Å²) in [6.07, 6.45) is 1.06. The first-order valence-electron chi connectivity index (χ1n) is 9.29. The summed E-state index contributed by atoms with van der Waals surface area (Å²) in [6, 6.07) is 10.6. The number of hydrogen-bond donors (Lipinski definition) is 1. The predicted octanol–water partition coefficient (Wildman–Crippen LogP) is 2.44. The zero-order chi connectivity index (χ0) is 17.8. The van der Waals surface area contributed by atoms with E-state index >= 15 is 0 Å². The molecule has 25 heavy (non-hydrogen) atoms. The van der Waals surface area contributed by atoms with E-state index in [2.05, 4.69) is 55.0 Å². The van der Waals surface area contributed by atoms with Crippen LogP contribution in [-0.2, 0) is 11.3 Å². The molecule has 3 aliphatic rings. The highest BCUT2D eigenvalue weighted by Crippen LogP contribution is 2.49. The standard InChI is InChI=1S/C21H28N2O2/c1-21(2)9-15-19(17(24)10-21)20-16(12-22(3)13-18(20)25)23(15)11-14-7-5-4-6-8-14/h4-8,16,18,20,25H,9-13H2,1-3H3/t16-,18-,20+/m0/s1. The topological polar surface area (TPSA) is 43.8 Å². The molecule has 1 fully saturated rings. The molecule has 1 saturated heterocycles. The number of nitrogens with zero attached hydrogens (tertiary/aromatic N) is 2. The number of likely N-dealkylation sites (N-methyl/N-ethyl adjacent to an activating group) is 1. The van der Waals surface area contributed by atoms with Crippen molar-refractivity contribution in [1.29, 1.82) is 0 Å². The van der Waals surface area contributed by atoms with Crippen molar-refractivity contribution in [3.8, 4) is 0 Å². The number of allylic oxidation sites excluding steroid dienone is 1. The molecule has 1 aromatic carbocycles. The third kappa shape index (κ3) is 2.91. The summed E-state index contributed by atoms with van der Waals surface area (Å²) in [5.74, 6) is 0.221. The number of aliphatic hydroxyl groups is 1. The van der Waals surface area contributed by atoms with Crippen molar-refractivity contribution in [2.45, 2.75) is 45.4 Å². The fourth-order valence-corrected chi connectivity index (χ4v) is 5.00. The average Bonchev–Trinajstić information content (AvgIpc) is 2.82. The molecule has 1 aliphatic carbocycles. The van der Waals surface area contributed by atoms with E-state index in [-0.39, 0.29) is 23.2 Å². The lowest BCUT2D eigenvalue weighted by Gasteiger charge is -2.41. The average molecular weight is 340 g/mol. The normalized spacial score (nSPS) is 31.9. The number of β-amino-alcohol motifs (C(OH)–C–C–N with tert-alkyl or cyclic N) is 1. The van der Waals surface area contributed by atoms with Gasteiger partial charge in [0.2, 0.25) is 0 Å². The van der Waals surface area contributed by atoms with Gasteiger partial charge in [0.15, 0.2) is 5.78 Å². The molecule has 0 aromatic heterocycles. The molecule has 0 spiro atoms. The van der Waals surface area contributed by atoms with E-state index in [0.29, 0.717) is 13.0 Å². The Labute approximate surface area is 150 Å². The molecule has 0 radical (unpaired) electrons. The minimum Gasteiger partial charge on any atom is -0.391 e. The fourth-order valence-electron chi connectivity index (χ4n) is 5.00. The SMILES string of the molecule is CN1C[C@H](O)[C@@H]2C3=C(CC(C)(C)CC3=O)N(Cc3ccccc3)[C@H]2C1. The number of piperidine rings is 1. The van der Waals surface area contributed by atoms with Gasteiger partial charge in [0.25, 0.3) is 0 Å². The van der Waals surface area contributed by atoms with Crippen LogP contribution < -0.4 is 0 Å². The van der Waals surface area contributed by atoms with Gasteiger partial charge in [0.05, 0.1) is 12.1 Å². The summed E-state index contributed by atoms with van der Waals surface area (Å²) in [5.41, 5.74) is 3.37. The Balaban J connectivity index is 1.75. The number of aliphatic hydroxyl groups excluding tert-OH is 1. The molecule has 0 amide bonds. The smallest absolute Gasteiger partial charge is 0.161 e. The number of carbonyl (C=O) groups excluding carboxylic acids is 1. The van der Waals surface area contributed by atoms with E-state index < -0.39 is 6.10 Å². The lowest BCUT2D eigenvalue weighted by Crippen LogP contribution is -2.54. The highest BCUT2D eigenvalue weighted by atomic mass is 16.3. The Morgan fingerprint density at radius 3 is 2.60 bits per heavy atom. The minimum atomic E-state index is -0.459. The minimum absolute atomic E-state index is 0.00476.